The molecule has 0 amide bonds. The number of para-hydroxylation sites is 1. The first kappa shape index (κ1) is 17.5. The van der Waals surface area contributed by atoms with Crippen LogP contribution >= 0.6 is 0 Å². The summed E-state index contributed by atoms with van der Waals surface area (Å²) in [6, 6.07) is 15.6. The van der Waals surface area contributed by atoms with Crippen LogP contribution in [0.5, 0.6) is 0 Å². The zero-order valence-corrected chi connectivity index (χ0v) is 15.7. The van der Waals surface area contributed by atoms with Crippen LogP contribution in [0.3, 0.4) is 0 Å². The maximum absolute atomic E-state index is 13.4. The Morgan fingerprint density at radius 1 is 0.960 bits per heavy atom. The normalized spacial score (nSPS) is 12.6. The van der Waals surface area contributed by atoms with Gasteiger partial charge in [-0.25, -0.2) is 4.39 Å². The van der Waals surface area contributed by atoms with E-state index < -0.39 is 0 Å². The molecule has 0 unspecified atom stereocenters. The smallest absolute Gasteiger partial charge is 0.123 e. The molecule has 130 valence electrons. The van der Waals surface area contributed by atoms with Gasteiger partial charge in [-0.05, 0) is 49.1 Å². The molecule has 0 aliphatic rings. The molecule has 0 radical (unpaired) electrons. The van der Waals surface area contributed by atoms with E-state index in [0.717, 1.165) is 5.56 Å². The van der Waals surface area contributed by atoms with Gasteiger partial charge in [-0.3, -0.25) is 0 Å². The molecule has 0 atom stereocenters. The van der Waals surface area contributed by atoms with E-state index in [1.54, 1.807) is 0 Å². The lowest BCUT2D eigenvalue weighted by molar-refractivity contribution is 0.546. The molecule has 0 bridgehead atoms. The van der Waals surface area contributed by atoms with Gasteiger partial charge in [0, 0.05) is 28.2 Å². The quantitative estimate of drug-likeness (QED) is 0.481. The summed E-state index contributed by atoms with van der Waals surface area (Å²) in [6.07, 6.45) is 4.46. The Hall–Kier alpha value is -2.35. The van der Waals surface area contributed by atoms with Gasteiger partial charge in [-0.2, -0.15) is 0 Å². The van der Waals surface area contributed by atoms with Crippen molar-refractivity contribution < 1.29 is 4.39 Å². The zero-order chi connectivity index (χ0) is 18.2. The van der Waals surface area contributed by atoms with Crippen LogP contribution in [0, 0.1) is 11.2 Å². The molecule has 0 fully saturated rings. The molecule has 1 aromatic heterocycles. The van der Waals surface area contributed by atoms with Crippen LogP contribution in [0.1, 0.15) is 46.4 Å². The highest BCUT2D eigenvalue weighted by Crippen LogP contribution is 2.38. The maximum atomic E-state index is 13.4. The van der Waals surface area contributed by atoms with E-state index in [0.29, 0.717) is 6.04 Å². The Labute approximate surface area is 149 Å². The first-order chi connectivity index (χ1) is 11.8. The topological polar surface area (TPSA) is 4.93 Å². The summed E-state index contributed by atoms with van der Waals surface area (Å²) < 4.78 is 15.8. The van der Waals surface area contributed by atoms with E-state index in [1.807, 2.05) is 12.1 Å². The lowest BCUT2D eigenvalue weighted by Crippen LogP contribution is -2.04. The van der Waals surface area contributed by atoms with Crippen molar-refractivity contribution in [3.8, 4) is 11.1 Å². The average molecular weight is 335 g/mol. The summed E-state index contributed by atoms with van der Waals surface area (Å²) in [5.74, 6) is -0.205. The molecule has 1 nitrogen and oxygen atoms in total. The van der Waals surface area contributed by atoms with Gasteiger partial charge in [0.15, 0.2) is 0 Å². The minimum Gasteiger partial charge on any atom is -0.338 e. The lowest BCUT2D eigenvalue weighted by Gasteiger charge is -2.16. The number of hydrogen-bond acceptors (Lipinski definition) is 0. The molecule has 1 heterocycles. The standard InChI is InChI=1S/C23H26FN/c1-16(2)25-20-9-7-6-8-19(20)22(17-10-12-18(24)13-11-17)21(25)14-15-23(3,4)5/h6-16H,1-5H3/b15-14+. The number of hydrogen-bond donors (Lipinski definition) is 0. The van der Waals surface area contributed by atoms with Gasteiger partial charge in [0.1, 0.15) is 5.82 Å². The molecule has 0 N–H and O–H groups in total. The minimum atomic E-state index is -0.205. The van der Waals surface area contributed by atoms with E-state index in [9.17, 15) is 4.39 Å². The summed E-state index contributed by atoms with van der Waals surface area (Å²) in [6.45, 7) is 11.0. The number of aromatic nitrogens is 1. The second-order valence-electron chi connectivity index (χ2n) is 7.95. The molecule has 3 rings (SSSR count). The predicted octanol–water partition coefficient (Wildman–Crippen LogP) is 7.09. The third-order valence-electron chi connectivity index (χ3n) is 4.34. The SMILES string of the molecule is CC(C)n1c(/C=C/C(C)(C)C)c(-c2ccc(F)cc2)c2ccccc21. The third-order valence-corrected chi connectivity index (χ3v) is 4.34. The Morgan fingerprint density at radius 3 is 2.20 bits per heavy atom. The molecule has 0 aliphatic heterocycles. The fraction of sp³-hybridized carbons (Fsp3) is 0.304. The van der Waals surface area contributed by atoms with Crippen LogP contribution in [0.25, 0.3) is 28.1 Å². The highest BCUT2D eigenvalue weighted by atomic mass is 19.1. The van der Waals surface area contributed by atoms with Crippen molar-refractivity contribution in [3.05, 3.63) is 66.1 Å². The predicted molar refractivity (Wildman–Crippen MR) is 106 cm³/mol. The van der Waals surface area contributed by atoms with Gasteiger partial charge in [0.25, 0.3) is 0 Å². The Kier molecular flexibility index (Phi) is 4.55. The zero-order valence-electron chi connectivity index (χ0n) is 15.7. The van der Waals surface area contributed by atoms with Crippen molar-refractivity contribution >= 4 is 17.0 Å². The van der Waals surface area contributed by atoms with Gasteiger partial charge in [0.2, 0.25) is 0 Å². The minimum absolute atomic E-state index is 0.0956. The molecule has 0 aliphatic carbocycles. The first-order valence-corrected chi connectivity index (χ1v) is 8.86. The van der Waals surface area contributed by atoms with Crippen molar-refractivity contribution in [1.29, 1.82) is 0 Å². The van der Waals surface area contributed by atoms with Crippen molar-refractivity contribution in [2.45, 2.75) is 40.7 Å². The molecule has 3 aromatic rings. The number of rotatable bonds is 3. The number of fused-ring (bicyclic) bond motifs is 1. The van der Waals surface area contributed by atoms with Crippen molar-refractivity contribution in [3.63, 3.8) is 0 Å². The maximum Gasteiger partial charge on any atom is 0.123 e. The number of nitrogens with zero attached hydrogens (tertiary/aromatic N) is 1. The van der Waals surface area contributed by atoms with Gasteiger partial charge < -0.3 is 4.57 Å². The van der Waals surface area contributed by atoms with Gasteiger partial charge >= 0.3 is 0 Å². The Balaban J connectivity index is 2.36. The summed E-state index contributed by atoms with van der Waals surface area (Å²) >= 11 is 0. The molecule has 0 spiro atoms. The summed E-state index contributed by atoms with van der Waals surface area (Å²) in [7, 11) is 0. The summed E-state index contributed by atoms with van der Waals surface area (Å²) in [5.41, 5.74) is 4.71. The fourth-order valence-corrected chi connectivity index (χ4v) is 3.25. The summed E-state index contributed by atoms with van der Waals surface area (Å²) in [4.78, 5) is 0. The van der Waals surface area contributed by atoms with Crippen LogP contribution in [0.15, 0.2) is 54.6 Å². The molecule has 25 heavy (non-hydrogen) atoms. The lowest BCUT2D eigenvalue weighted by atomic mass is 9.94. The molecule has 2 heteroatoms. The van der Waals surface area contributed by atoms with E-state index in [2.05, 4.69) is 75.6 Å². The molecule has 2 aromatic carbocycles. The largest absolute Gasteiger partial charge is 0.338 e. The highest BCUT2D eigenvalue weighted by Gasteiger charge is 2.19. The summed E-state index contributed by atoms with van der Waals surface area (Å²) in [5, 5.41) is 1.20. The van der Waals surface area contributed by atoms with Crippen molar-refractivity contribution in [2.24, 2.45) is 5.41 Å². The highest BCUT2D eigenvalue weighted by molar-refractivity contribution is 6.01. The van der Waals surface area contributed by atoms with Gasteiger partial charge in [-0.15, -0.1) is 0 Å². The third kappa shape index (κ3) is 3.53. The van der Waals surface area contributed by atoms with Crippen LogP contribution in [-0.4, -0.2) is 4.57 Å². The van der Waals surface area contributed by atoms with Crippen LogP contribution in [-0.2, 0) is 0 Å². The van der Waals surface area contributed by atoms with E-state index >= 15 is 0 Å². The Bertz CT molecular complexity index is 906. The van der Waals surface area contributed by atoms with E-state index in [-0.39, 0.29) is 11.2 Å². The van der Waals surface area contributed by atoms with Gasteiger partial charge in [0.05, 0.1) is 0 Å². The average Bonchev–Trinajstić information content (AvgIpc) is 2.87. The van der Waals surface area contributed by atoms with Crippen molar-refractivity contribution in [1.82, 2.24) is 4.57 Å². The second kappa shape index (κ2) is 6.51. The fourth-order valence-electron chi connectivity index (χ4n) is 3.25. The molecule has 0 saturated carbocycles. The van der Waals surface area contributed by atoms with Crippen LogP contribution in [0.2, 0.25) is 0 Å². The molecule has 0 saturated heterocycles. The van der Waals surface area contributed by atoms with E-state index in [1.165, 1.54) is 34.3 Å². The van der Waals surface area contributed by atoms with Gasteiger partial charge in [-0.1, -0.05) is 57.2 Å². The number of benzene rings is 2. The van der Waals surface area contributed by atoms with E-state index in [4.69, 9.17) is 0 Å². The monoisotopic (exact) mass is 335 g/mol. The van der Waals surface area contributed by atoms with Crippen molar-refractivity contribution in [2.75, 3.05) is 0 Å². The molecular formula is C23H26FN. The molecular weight excluding hydrogens is 309 g/mol. The van der Waals surface area contributed by atoms with Crippen LogP contribution in [0.4, 0.5) is 4.39 Å². The first-order valence-electron chi connectivity index (χ1n) is 8.86. The Morgan fingerprint density at radius 2 is 1.60 bits per heavy atom. The number of allylic oxidation sites excluding steroid dienone is 1. The van der Waals surface area contributed by atoms with Crippen LogP contribution < -0.4 is 0 Å². The number of halogens is 1. The second-order valence-corrected chi connectivity index (χ2v) is 7.95.